The maximum atomic E-state index is 10.7. The fraction of sp³-hybridized carbons (Fsp3) is 0.500. The van der Waals surface area contributed by atoms with Gasteiger partial charge in [-0.25, -0.2) is 0 Å². The van der Waals surface area contributed by atoms with Crippen LogP contribution in [0.2, 0.25) is 0 Å². The van der Waals surface area contributed by atoms with Gasteiger partial charge in [0.05, 0.1) is 0 Å². The second-order valence-electron chi connectivity index (χ2n) is 1.79. The molecule has 1 amide bonds. The van der Waals surface area contributed by atoms with Gasteiger partial charge in [0, 0.05) is 12.5 Å². The van der Waals surface area contributed by atoms with Crippen molar-refractivity contribution in [3.8, 4) is 0 Å². The minimum absolute atomic E-state index is 0.0612. The van der Waals surface area contributed by atoms with Gasteiger partial charge in [0.15, 0.2) is 5.82 Å². The molecule has 0 spiro atoms. The minimum Gasteiger partial charge on any atom is -0.363 e. The molecule has 1 N–H and O–H groups in total. The van der Waals surface area contributed by atoms with Crippen molar-refractivity contribution in [2.75, 3.05) is 5.32 Å². The van der Waals surface area contributed by atoms with Crippen molar-refractivity contribution in [1.29, 1.82) is 0 Å². The van der Waals surface area contributed by atoms with Gasteiger partial charge in [0.1, 0.15) is 6.26 Å². The van der Waals surface area contributed by atoms with Crippen molar-refractivity contribution in [1.82, 2.24) is 5.16 Å². The molecule has 0 aliphatic carbocycles. The van der Waals surface area contributed by atoms with E-state index in [4.69, 9.17) is 0 Å². The Kier molecular flexibility index (Phi) is 5.69. The Hall–Kier alpha value is -1.32. The van der Waals surface area contributed by atoms with Crippen LogP contribution >= 0.6 is 0 Å². The van der Waals surface area contributed by atoms with Gasteiger partial charge >= 0.3 is 0 Å². The molecular weight excluding hydrogens is 156 g/mol. The van der Waals surface area contributed by atoms with E-state index in [1.807, 2.05) is 13.8 Å². The first-order chi connectivity index (χ1) is 5.83. The normalized spacial score (nSPS) is 8.25. The summed E-state index contributed by atoms with van der Waals surface area (Å²) < 4.78 is 4.50. The fourth-order valence-electron chi connectivity index (χ4n) is 0.508. The molecule has 0 saturated heterocycles. The fourth-order valence-corrected chi connectivity index (χ4v) is 0.508. The predicted octanol–water partition coefficient (Wildman–Crippen LogP) is 2.05. The lowest BCUT2D eigenvalue weighted by atomic mass is 10.4. The maximum absolute atomic E-state index is 10.7. The van der Waals surface area contributed by atoms with E-state index in [9.17, 15) is 4.79 Å². The third-order valence-corrected chi connectivity index (χ3v) is 1.03. The Bertz CT molecular complexity index is 207. The summed E-state index contributed by atoms with van der Waals surface area (Å²) in [6.45, 7) is 5.77. The van der Waals surface area contributed by atoms with Gasteiger partial charge < -0.3 is 9.84 Å². The minimum atomic E-state index is -0.0612. The molecule has 0 unspecified atom stereocenters. The van der Waals surface area contributed by atoms with E-state index in [0.717, 1.165) is 0 Å². The van der Waals surface area contributed by atoms with Crippen LogP contribution in [-0.4, -0.2) is 11.1 Å². The van der Waals surface area contributed by atoms with Gasteiger partial charge in [-0.05, 0) is 0 Å². The van der Waals surface area contributed by atoms with E-state index in [0.29, 0.717) is 12.2 Å². The number of nitrogens with zero attached hydrogens (tertiary/aromatic N) is 1. The van der Waals surface area contributed by atoms with Crippen LogP contribution in [-0.2, 0) is 4.79 Å². The number of hydrogen-bond donors (Lipinski definition) is 1. The highest BCUT2D eigenvalue weighted by molar-refractivity contribution is 5.89. The Balaban J connectivity index is 0.000000561. The molecule has 0 atom stereocenters. The van der Waals surface area contributed by atoms with Gasteiger partial charge in [-0.3, -0.25) is 4.79 Å². The van der Waals surface area contributed by atoms with E-state index in [-0.39, 0.29) is 5.91 Å². The molecule has 0 aromatic carbocycles. The number of amides is 1. The monoisotopic (exact) mass is 170 g/mol. The molecule has 0 radical (unpaired) electrons. The molecule has 1 aromatic rings. The molecule has 0 aliphatic heterocycles. The number of hydrogen-bond acceptors (Lipinski definition) is 3. The molecule has 1 heterocycles. The first-order valence-electron chi connectivity index (χ1n) is 4.03. The molecular formula is C8H14N2O2. The summed E-state index contributed by atoms with van der Waals surface area (Å²) in [6.07, 6.45) is 1.86. The SMILES string of the molecule is CC.CCC(=O)Nc1ccon1. The number of carbonyl (C=O) groups excluding carboxylic acids is 1. The van der Waals surface area contributed by atoms with Gasteiger partial charge in [-0.2, -0.15) is 0 Å². The zero-order chi connectivity index (χ0) is 9.40. The first kappa shape index (κ1) is 10.7. The molecule has 0 fully saturated rings. The lowest BCUT2D eigenvalue weighted by molar-refractivity contribution is -0.115. The van der Waals surface area contributed by atoms with Gasteiger partial charge in [-0.1, -0.05) is 25.9 Å². The topological polar surface area (TPSA) is 55.1 Å². The molecule has 12 heavy (non-hydrogen) atoms. The highest BCUT2D eigenvalue weighted by Gasteiger charge is 1.99. The zero-order valence-corrected chi connectivity index (χ0v) is 7.63. The van der Waals surface area contributed by atoms with Gasteiger partial charge in [-0.15, -0.1) is 0 Å². The van der Waals surface area contributed by atoms with Crippen molar-refractivity contribution in [3.05, 3.63) is 12.3 Å². The number of carbonyl (C=O) groups is 1. The van der Waals surface area contributed by atoms with Crippen molar-refractivity contribution in [2.24, 2.45) is 0 Å². The smallest absolute Gasteiger partial charge is 0.225 e. The van der Waals surface area contributed by atoms with Crippen LogP contribution in [0.25, 0.3) is 0 Å². The summed E-state index contributed by atoms with van der Waals surface area (Å²) in [6, 6.07) is 1.59. The Morgan fingerprint density at radius 3 is 2.75 bits per heavy atom. The predicted molar refractivity (Wildman–Crippen MR) is 46.8 cm³/mol. The summed E-state index contributed by atoms with van der Waals surface area (Å²) >= 11 is 0. The van der Waals surface area contributed by atoms with Crippen molar-refractivity contribution >= 4 is 11.7 Å². The lowest BCUT2D eigenvalue weighted by Crippen LogP contribution is -2.09. The molecule has 0 saturated carbocycles. The third-order valence-electron chi connectivity index (χ3n) is 1.03. The van der Waals surface area contributed by atoms with Crippen molar-refractivity contribution in [2.45, 2.75) is 27.2 Å². The molecule has 68 valence electrons. The molecule has 1 aromatic heterocycles. The lowest BCUT2D eigenvalue weighted by Gasteiger charge is -1.94. The van der Waals surface area contributed by atoms with Crippen LogP contribution in [0.15, 0.2) is 16.9 Å². The number of aromatic nitrogens is 1. The average Bonchev–Trinajstić information content (AvgIpc) is 2.60. The summed E-state index contributed by atoms with van der Waals surface area (Å²) in [5.41, 5.74) is 0. The highest BCUT2D eigenvalue weighted by Crippen LogP contribution is 2.00. The summed E-state index contributed by atoms with van der Waals surface area (Å²) in [5.74, 6) is 0.403. The van der Waals surface area contributed by atoms with Crippen molar-refractivity contribution in [3.63, 3.8) is 0 Å². The van der Waals surface area contributed by atoms with Gasteiger partial charge in [0.2, 0.25) is 5.91 Å². The van der Waals surface area contributed by atoms with E-state index in [1.165, 1.54) is 6.26 Å². The zero-order valence-electron chi connectivity index (χ0n) is 7.63. The highest BCUT2D eigenvalue weighted by atomic mass is 16.5. The summed E-state index contributed by atoms with van der Waals surface area (Å²) in [7, 11) is 0. The summed E-state index contributed by atoms with van der Waals surface area (Å²) in [5, 5.41) is 6.02. The Labute approximate surface area is 71.9 Å². The standard InChI is InChI=1S/C6H8N2O2.C2H6/c1-2-6(9)7-5-3-4-10-8-5;1-2/h3-4H,2H2,1H3,(H,7,8,9);1-2H3. The van der Waals surface area contributed by atoms with Crippen LogP contribution in [0, 0.1) is 0 Å². The van der Waals surface area contributed by atoms with E-state index < -0.39 is 0 Å². The largest absolute Gasteiger partial charge is 0.363 e. The van der Waals surface area contributed by atoms with Crippen LogP contribution in [0.4, 0.5) is 5.82 Å². The Morgan fingerprint density at radius 2 is 2.33 bits per heavy atom. The molecule has 4 heteroatoms. The van der Waals surface area contributed by atoms with Gasteiger partial charge in [0.25, 0.3) is 0 Å². The molecule has 0 bridgehead atoms. The van der Waals surface area contributed by atoms with Crippen LogP contribution < -0.4 is 5.32 Å². The Morgan fingerprint density at radius 1 is 1.67 bits per heavy atom. The van der Waals surface area contributed by atoms with E-state index >= 15 is 0 Å². The molecule has 4 nitrogen and oxygen atoms in total. The first-order valence-corrected chi connectivity index (χ1v) is 4.03. The molecule has 0 aliphatic rings. The quantitative estimate of drug-likeness (QED) is 0.739. The molecule has 1 rings (SSSR count). The summed E-state index contributed by atoms with van der Waals surface area (Å²) in [4.78, 5) is 10.7. The number of nitrogens with one attached hydrogen (secondary N) is 1. The van der Waals surface area contributed by atoms with Crippen LogP contribution in [0.3, 0.4) is 0 Å². The number of rotatable bonds is 2. The van der Waals surface area contributed by atoms with Crippen molar-refractivity contribution < 1.29 is 9.32 Å². The average molecular weight is 170 g/mol. The van der Waals surface area contributed by atoms with E-state index in [1.54, 1.807) is 13.0 Å². The third kappa shape index (κ3) is 3.75. The van der Waals surface area contributed by atoms with E-state index in [2.05, 4.69) is 15.0 Å². The second kappa shape index (κ2) is 6.39. The van der Waals surface area contributed by atoms with Crippen LogP contribution in [0.1, 0.15) is 27.2 Å². The number of anilines is 1. The maximum Gasteiger partial charge on any atom is 0.225 e. The second-order valence-corrected chi connectivity index (χ2v) is 1.79. The van der Waals surface area contributed by atoms with Crippen LogP contribution in [0.5, 0.6) is 0 Å².